The molecule has 1 heterocycles. The molecule has 0 unspecified atom stereocenters. The first-order valence-electron chi connectivity index (χ1n) is 5.55. The lowest BCUT2D eigenvalue weighted by atomic mass is 10.1. The fourth-order valence-electron chi connectivity index (χ4n) is 1.90. The number of hydrogen-bond donors (Lipinski definition) is 1. The predicted octanol–water partition coefficient (Wildman–Crippen LogP) is 2.11. The van der Waals surface area contributed by atoms with Gasteiger partial charge in [0.15, 0.2) is 0 Å². The number of nitrogens with two attached hydrogens (primary N) is 1. The van der Waals surface area contributed by atoms with E-state index in [1.807, 2.05) is 17.9 Å². The molecule has 1 aromatic carbocycles. The minimum atomic E-state index is 0.478. The molecule has 2 aromatic rings. The number of benzene rings is 1. The summed E-state index contributed by atoms with van der Waals surface area (Å²) in [4.78, 5) is 4.29. The molecule has 0 atom stereocenters. The molecule has 1 aromatic heterocycles. The number of imidazole rings is 1. The van der Waals surface area contributed by atoms with Crippen LogP contribution in [-0.4, -0.2) is 9.55 Å². The van der Waals surface area contributed by atoms with Gasteiger partial charge in [0.05, 0.1) is 17.7 Å². The smallest absolute Gasteiger partial charge is 0.0952 e. The largest absolute Gasteiger partial charge is 0.333 e. The summed E-state index contributed by atoms with van der Waals surface area (Å²) in [7, 11) is 2.00. The number of aryl methyl sites for hydroxylation is 2. The van der Waals surface area contributed by atoms with E-state index < -0.39 is 0 Å². The average Bonchev–Trinajstić information content (AvgIpc) is 2.70. The highest BCUT2D eigenvalue weighted by molar-refractivity contribution is 5.62. The van der Waals surface area contributed by atoms with E-state index in [1.54, 1.807) is 0 Å². The molecular formula is C13H17N3. The number of aromatic nitrogens is 2. The zero-order valence-corrected chi connectivity index (χ0v) is 9.77. The summed E-state index contributed by atoms with van der Waals surface area (Å²) in [5, 5.41) is 0. The van der Waals surface area contributed by atoms with Crippen LogP contribution in [0.3, 0.4) is 0 Å². The van der Waals surface area contributed by atoms with E-state index in [9.17, 15) is 0 Å². The molecule has 16 heavy (non-hydrogen) atoms. The van der Waals surface area contributed by atoms with E-state index in [2.05, 4.69) is 36.2 Å². The summed E-state index contributed by atoms with van der Waals surface area (Å²) in [6.45, 7) is 2.64. The minimum Gasteiger partial charge on any atom is -0.333 e. The fraction of sp³-hybridized carbons (Fsp3) is 0.308. The van der Waals surface area contributed by atoms with E-state index in [1.165, 1.54) is 11.1 Å². The Labute approximate surface area is 95.9 Å². The van der Waals surface area contributed by atoms with E-state index in [4.69, 9.17) is 5.73 Å². The van der Waals surface area contributed by atoms with Crippen molar-refractivity contribution in [3.05, 3.63) is 41.9 Å². The molecule has 0 aliphatic heterocycles. The van der Waals surface area contributed by atoms with Gasteiger partial charge in [0, 0.05) is 19.2 Å². The second-order valence-corrected chi connectivity index (χ2v) is 3.91. The highest BCUT2D eigenvalue weighted by Gasteiger charge is 2.09. The monoisotopic (exact) mass is 215 g/mol. The molecule has 2 rings (SSSR count). The minimum absolute atomic E-state index is 0.478. The third-order valence-corrected chi connectivity index (χ3v) is 2.84. The second-order valence-electron chi connectivity index (χ2n) is 3.91. The van der Waals surface area contributed by atoms with Gasteiger partial charge in [-0.1, -0.05) is 31.2 Å². The van der Waals surface area contributed by atoms with Crippen molar-refractivity contribution in [3.8, 4) is 11.3 Å². The van der Waals surface area contributed by atoms with E-state index in [-0.39, 0.29) is 0 Å². The van der Waals surface area contributed by atoms with Crippen molar-refractivity contribution in [1.29, 1.82) is 0 Å². The van der Waals surface area contributed by atoms with Crippen molar-refractivity contribution in [3.63, 3.8) is 0 Å². The Morgan fingerprint density at radius 3 is 2.50 bits per heavy atom. The van der Waals surface area contributed by atoms with E-state index >= 15 is 0 Å². The average molecular weight is 215 g/mol. The van der Waals surface area contributed by atoms with Gasteiger partial charge in [-0.15, -0.1) is 0 Å². The molecule has 0 radical (unpaired) electrons. The van der Waals surface area contributed by atoms with Gasteiger partial charge in [0.25, 0.3) is 0 Å². The molecule has 0 spiro atoms. The molecule has 0 fully saturated rings. The Kier molecular flexibility index (Phi) is 3.06. The Morgan fingerprint density at radius 1 is 1.25 bits per heavy atom. The summed E-state index contributed by atoms with van der Waals surface area (Å²) in [6, 6.07) is 8.58. The first kappa shape index (κ1) is 10.9. The Bertz CT molecular complexity index is 468. The molecule has 3 heteroatoms. The van der Waals surface area contributed by atoms with Gasteiger partial charge >= 0.3 is 0 Å². The Balaban J connectivity index is 2.45. The van der Waals surface area contributed by atoms with Crippen LogP contribution < -0.4 is 5.73 Å². The molecule has 0 aliphatic carbocycles. The normalized spacial score (nSPS) is 10.7. The van der Waals surface area contributed by atoms with Crippen LogP contribution >= 0.6 is 0 Å². The Hall–Kier alpha value is -1.61. The van der Waals surface area contributed by atoms with Crippen molar-refractivity contribution in [1.82, 2.24) is 9.55 Å². The van der Waals surface area contributed by atoms with Gasteiger partial charge in [-0.05, 0) is 12.0 Å². The lowest BCUT2D eigenvalue weighted by Gasteiger charge is -2.06. The molecule has 2 N–H and O–H groups in total. The maximum Gasteiger partial charge on any atom is 0.0952 e. The summed E-state index contributed by atoms with van der Waals surface area (Å²) < 4.78 is 2.02. The highest BCUT2D eigenvalue weighted by atomic mass is 15.0. The highest BCUT2D eigenvalue weighted by Crippen LogP contribution is 2.22. The summed E-state index contributed by atoms with van der Waals surface area (Å²) in [5.74, 6) is 0. The lowest BCUT2D eigenvalue weighted by molar-refractivity contribution is 0.920. The zero-order valence-electron chi connectivity index (χ0n) is 9.77. The summed E-state index contributed by atoms with van der Waals surface area (Å²) in [6.07, 6.45) is 2.88. The van der Waals surface area contributed by atoms with Gasteiger partial charge in [-0.25, -0.2) is 4.98 Å². The maximum absolute atomic E-state index is 5.68. The van der Waals surface area contributed by atoms with Crippen LogP contribution in [0.15, 0.2) is 30.6 Å². The molecule has 84 valence electrons. The molecular weight excluding hydrogens is 198 g/mol. The van der Waals surface area contributed by atoms with E-state index in [0.717, 1.165) is 17.8 Å². The number of rotatable bonds is 3. The topological polar surface area (TPSA) is 43.8 Å². The lowest BCUT2D eigenvalue weighted by Crippen LogP contribution is -2.00. The third-order valence-electron chi connectivity index (χ3n) is 2.84. The molecule has 0 saturated heterocycles. The van der Waals surface area contributed by atoms with Crippen LogP contribution in [0.4, 0.5) is 0 Å². The van der Waals surface area contributed by atoms with Crippen LogP contribution in [0.25, 0.3) is 11.3 Å². The summed E-state index contributed by atoms with van der Waals surface area (Å²) in [5.41, 5.74) is 10.3. The Morgan fingerprint density at radius 2 is 1.94 bits per heavy atom. The van der Waals surface area contributed by atoms with Crippen molar-refractivity contribution in [2.45, 2.75) is 19.9 Å². The third kappa shape index (κ3) is 1.86. The molecule has 0 saturated carbocycles. The number of nitrogens with zero attached hydrogens (tertiary/aromatic N) is 2. The molecule has 0 amide bonds. The maximum atomic E-state index is 5.68. The SMILES string of the molecule is CCc1ccc(-c2c(CN)ncn2C)cc1. The second kappa shape index (κ2) is 4.49. The van der Waals surface area contributed by atoms with Crippen molar-refractivity contribution in [2.75, 3.05) is 0 Å². The van der Waals surface area contributed by atoms with Crippen LogP contribution in [0.1, 0.15) is 18.2 Å². The van der Waals surface area contributed by atoms with Crippen LogP contribution in [0.5, 0.6) is 0 Å². The standard InChI is InChI=1S/C13H17N3/c1-3-10-4-6-11(7-5-10)13-12(8-14)15-9-16(13)2/h4-7,9H,3,8,14H2,1-2H3. The van der Waals surface area contributed by atoms with Gasteiger partial charge in [0.2, 0.25) is 0 Å². The van der Waals surface area contributed by atoms with Crippen molar-refractivity contribution in [2.24, 2.45) is 12.8 Å². The first-order chi connectivity index (χ1) is 7.76. The van der Waals surface area contributed by atoms with Crippen molar-refractivity contribution >= 4 is 0 Å². The molecule has 0 bridgehead atoms. The first-order valence-corrected chi connectivity index (χ1v) is 5.55. The van der Waals surface area contributed by atoms with Crippen molar-refractivity contribution < 1.29 is 0 Å². The fourth-order valence-corrected chi connectivity index (χ4v) is 1.90. The predicted molar refractivity (Wildman–Crippen MR) is 65.9 cm³/mol. The quantitative estimate of drug-likeness (QED) is 0.852. The van der Waals surface area contributed by atoms with Gasteiger partial charge in [0.1, 0.15) is 0 Å². The van der Waals surface area contributed by atoms with Crippen LogP contribution in [-0.2, 0) is 20.0 Å². The zero-order chi connectivity index (χ0) is 11.5. The van der Waals surface area contributed by atoms with E-state index in [0.29, 0.717) is 6.54 Å². The summed E-state index contributed by atoms with van der Waals surface area (Å²) >= 11 is 0. The van der Waals surface area contributed by atoms with Crippen LogP contribution in [0, 0.1) is 0 Å². The molecule has 0 aliphatic rings. The van der Waals surface area contributed by atoms with Gasteiger partial charge in [-0.2, -0.15) is 0 Å². The molecule has 3 nitrogen and oxygen atoms in total. The van der Waals surface area contributed by atoms with Crippen LogP contribution in [0.2, 0.25) is 0 Å². The van der Waals surface area contributed by atoms with Gasteiger partial charge in [-0.3, -0.25) is 0 Å². The van der Waals surface area contributed by atoms with Gasteiger partial charge < -0.3 is 10.3 Å². The number of hydrogen-bond acceptors (Lipinski definition) is 2.